The average molecular weight is 283 g/mol. The number of anilines is 1. The van der Waals surface area contributed by atoms with E-state index in [0.717, 1.165) is 0 Å². The van der Waals surface area contributed by atoms with Gasteiger partial charge in [-0.15, -0.1) is 0 Å². The zero-order valence-corrected chi connectivity index (χ0v) is 10.3. The number of nitrogens with zero attached hydrogens (tertiary/aromatic N) is 1. The Bertz CT molecular complexity index is 489. The fraction of sp³-hybridized carbons (Fsp3) is 0.400. The molecule has 1 aromatic rings. The van der Waals surface area contributed by atoms with Crippen LogP contribution in [0.15, 0.2) is 0 Å². The smallest absolute Gasteiger partial charge is 0.434 e. The largest absolute Gasteiger partial charge is 0.462 e. The maximum Gasteiger partial charge on any atom is 0.434 e. The van der Waals surface area contributed by atoms with E-state index in [1.165, 1.54) is 6.92 Å². The first-order chi connectivity index (χ1) is 8.20. The molecule has 8 heteroatoms. The number of nitrogens with two attached hydrogens (primary N) is 1. The van der Waals surface area contributed by atoms with Crippen LogP contribution >= 0.6 is 11.6 Å². The first-order valence-corrected chi connectivity index (χ1v) is 5.27. The van der Waals surface area contributed by atoms with E-state index in [9.17, 15) is 18.0 Å². The zero-order chi connectivity index (χ0) is 14.1. The van der Waals surface area contributed by atoms with Gasteiger partial charge in [0.1, 0.15) is 11.4 Å². The van der Waals surface area contributed by atoms with E-state index in [1.54, 1.807) is 6.92 Å². The molecule has 4 nitrogen and oxygen atoms in total. The molecule has 1 rings (SSSR count). The van der Waals surface area contributed by atoms with Crippen LogP contribution in [-0.4, -0.2) is 17.6 Å². The summed E-state index contributed by atoms with van der Waals surface area (Å²) in [5.41, 5.74) is 3.69. The van der Waals surface area contributed by atoms with Crippen molar-refractivity contribution in [1.29, 1.82) is 0 Å². The minimum absolute atomic E-state index is 0.0658. The minimum Gasteiger partial charge on any atom is -0.462 e. The Morgan fingerprint density at radius 1 is 1.50 bits per heavy atom. The van der Waals surface area contributed by atoms with Crippen LogP contribution in [0.5, 0.6) is 0 Å². The lowest BCUT2D eigenvalue weighted by Gasteiger charge is -2.14. The van der Waals surface area contributed by atoms with Crippen molar-refractivity contribution >= 4 is 23.4 Å². The topological polar surface area (TPSA) is 65.2 Å². The van der Waals surface area contributed by atoms with Crippen molar-refractivity contribution in [3.05, 3.63) is 21.8 Å². The van der Waals surface area contributed by atoms with E-state index in [0.29, 0.717) is 0 Å². The van der Waals surface area contributed by atoms with Crippen molar-refractivity contribution in [2.75, 3.05) is 12.3 Å². The predicted octanol–water partition coefficient (Wildman–Crippen LogP) is 2.82. The highest BCUT2D eigenvalue weighted by atomic mass is 35.5. The van der Waals surface area contributed by atoms with Gasteiger partial charge in [0.05, 0.1) is 11.6 Å². The first-order valence-electron chi connectivity index (χ1n) is 4.90. The number of rotatable bonds is 2. The van der Waals surface area contributed by atoms with Gasteiger partial charge in [-0.25, -0.2) is 9.78 Å². The van der Waals surface area contributed by atoms with E-state index in [1.807, 2.05) is 0 Å². The number of nitrogen functional groups attached to an aromatic ring is 1. The highest BCUT2D eigenvalue weighted by Gasteiger charge is 2.38. The molecule has 1 heterocycles. The Hall–Kier alpha value is -1.50. The Morgan fingerprint density at radius 3 is 2.50 bits per heavy atom. The third-order valence-corrected chi connectivity index (χ3v) is 2.61. The molecule has 0 aliphatic carbocycles. The van der Waals surface area contributed by atoms with Crippen LogP contribution in [0.2, 0.25) is 5.02 Å². The van der Waals surface area contributed by atoms with Gasteiger partial charge in [-0.05, 0) is 19.4 Å². The summed E-state index contributed by atoms with van der Waals surface area (Å²) >= 11 is 5.55. The van der Waals surface area contributed by atoms with Crippen molar-refractivity contribution in [2.24, 2.45) is 0 Å². The zero-order valence-electron chi connectivity index (χ0n) is 9.56. The summed E-state index contributed by atoms with van der Waals surface area (Å²) in [5, 5.41) is -0.653. The lowest BCUT2D eigenvalue weighted by atomic mass is 10.1. The van der Waals surface area contributed by atoms with E-state index < -0.39 is 28.7 Å². The molecule has 1 aromatic heterocycles. The standard InChI is InChI=1S/C10H10ClF3N2O2/c1-3-18-9(17)5-4(2)6(11)7(10(12,13)14)16-8(5)15/h3H2,1-2H3,(H2,15,16). The van der Waals surface area contributed by atoms with Gasteiger partial charge in [0.15, 0.2) is 5.69 Å². The Balaban J connectivity index is 3.43. The molecule has 18 heavy (non-hydrogen) atoms. The average Bonchev–Trinajstić information content (AvgIpc) is 2.22. The molecule has 0 saturated heterocycles. The lowest BCUT2D eigenvalue weighted by Crippen LogP contribution is -2.17. The monoisotopic (exact) mass is 282 g/mol. The second-order valence-corrected chi connectivity index (χ2v) is 3.76. The Morgan fingerprint density at radius 2 is 2.06 bits per heavy atom. The van der Waals surface area contributed by atoms with Gasteiger partial charge in [-0.1, -0.05) is 11.6 Å². The van der Waals surface area contributed by atoms with Gasteiger partial charge in [0, 0.05) is 0 Å². The molecule has 0 saturated carbocycles. The van der Waals surface area contributed by atoms with E-state index in [-0.39, 0.29) is 17.7 Å². The molecule has 0 fully saturated rings. The van der Waals surface area contributed by atoms with Crippen LogP contribution in [-0.2, 0) is 10.9 Å². The van der Waals surface area contributed by atoms with Gasteiger partial charge in [-0.2, -0.15) is 13.2 Å². The molecule has 0 bridgehead atoms. The summed E-state index contributed by atoms with van der Waals surface area (Å²) in [6, 6.07) is 0. The van der Waals surface area contributed by atoms with Crippen LogP contribution in [0.1, 0.15) is 28.5 Å². The molecule has 2 N–H and O–H groups in total. The van der Waals surface area contributed by atoms with Crippen molar-refractivity contribution in [1.82, 2.24) is 4.98 Å². The molecule has 0 radical (unpaired) electrons. The third-order valence-electron chi connectivity index (χ3n) is 2.15. The van der Waals surface area contributed by atoms with Crippen molar-refractivity contribution in [2.45, 2.75) is 20.0 Å². The van der Waals surface area contributed by atoms with Crippen LogP contribution in [0, 0.1) is 6.92 Å². The number of hydrogen-bond acceptors (Lipinski definition) is 4. The van der Waals surface area contributed by atoms with Gasteiger partial charge in [0.25, 0.3) is 0 Å². The number of hydrogen-bond donors (Lipinski definition) is 1. The molecule has 0 unspecified atom stereocenters. The fourth-order valence-corrected chi connectivity index (χ4v) is 1.60. The van der Waals surface area contributed by atoms with Crippen molar-refractivity contribution in [3.8, 4) is 0 Å². The number of aromatic nitrogens is 1. The van der Waals surface area contributed by atoms with Crippen LogP contribution in [0.4, 0.5) is 19.0 Å². The highest BCUT2D eigenvalue weighted by Crippen LogP contribution is 2.37. The summed E-state index contributed by atoms with van der Waals surface area (Å²) in [6.07, 6.45) is -4.73. The Kier molecular flexibility index (Phi) is 4.05. The summed E-state index contributed by atoms with van der Waals surface area (Å²) in [5.74, 6) is -1.40. The highest BCUT2D eigenvalue weighted by molar-refractivity contribution is 6.32. The predicted molar refractivity (Wildman–Crippen MR) is 59.4 cm³/mol. The Labute approximate surface area is 106 Å². The number of ether oxygens (including phenoxy) is 1. The second kappa shape index (κ2) is 5.01. The van der Waals surface area contributed by atoms with Gasteiger partial charge in [0.2, 0.25) is 0 Å². The number of pyridine rings is 1. The second-order valence-electron chi connectivity index (χ2n) is 3.38. The van der Waals surface area contributed by atoms with Gasteiger partial charge < -0.3 is 10.5 Å². The summed E-state index contributed by atoms with van der Waals surface area (Å²) < 4.78 is 42.4. The molecule has 0 atom stereocenters. The van der Waals surface area contributed by atoms with Crippen molar-refractivity contribution in [3.63, 3.8) is 0 Å². The molecule has 0 spiro atoms. The molecular weight excluding hydrogens is 273 g/mol. The fourth-order valence-electron chi connectivity index (χ4n) is 1.35. The lowest BCUT2D eigenvalue weighted by molar-refractivity contribution is -0.141. The summed E-state index contributed by atoms with van der Waals surface area (Å²) in [6.45, 7) is 2.88. The molecule has 100 valence electrons. The maximum atomic E-state index is 12.6. The first kappa shape index (κ1) is 14.6. The number of carbonyl (C=O) groups is 1. The molecule has 0 aromatic carbocycles. The van der Waals surface area contributed by atoms with Crippen LogP contribution in [0.3, 0.4) is 0 Å². The molecule has 0 aliphatic rings. The molecular formula is C10H10ClF3N2O2. The third kappa shape index (κ3) is 2.66. The van der Waals surface area contributed by atoms with Gasteiger partial charge >= 0.3 is 12.1 Å². The SMILES string of the molecule is CCOC(=O)c1c(N)nc(C(F)(F)F)c(Cl)c1C. The quantitative estimate of drug-likeness (QED) is 0.847. The number of carbonyl (C=O) groups excluding carboxylic acids is 1. The van der Waals surface area contributed by atoms with E-state index in [4.69, 9.17) is 17.3 Å². The minimum atomic E-state index is -4.73. The van der Waals surface area contributed by atoms with Gasteiger partial charge in [-0.3, -0.25) is 0 Å². The van der Waals surface area contributed by atoms with E-state index in [2.05, 4.69) is 9.72 Å². The number of halogens is 4. The van der Waals surface area contributed by atoms with Crippen LogP contribution in [0.25, 0.3) is 0 Å². The molecule has 0 aliphatic heterocycles. The van der Waals surface area contributed by atoms with E-state index >= 15 is 0 Å². The van der Waals surface area contributed by atoms with Crippen LogP contribution < -0.4 is 5.73 Å². The van der Waals surface area contributed by atoms with Crippen molar-refractivity contribution < 1.29 is 22.7 Å². The number of esters is 1. The number of alkyl halides is 3. The summed E-state index contributed by atoms with van der Waals surface area (Å²) in [7, 11) is 0. The normalized spacial score (nSPS) is 11.4. The summed E-state index contributed by atoms with van der Waals surface area (Å²) in [4.78, 5) is 14.6. The molecule has 0 amide bonds. The maximum absolute atomic E-state index is 12.6.